The molecule has 7 heteroatoms. The Morgan fingerprint density at radius 2 is 1.73 bits per heavy atom. The fourth-order valence-electron chi connectivity index (χ4n) is 0.873. The predicted molar refractivity (Wildman–Crippen MR) is 43.7 cm³/mol. The van der Waals surface area contributed by atoms with Gasteiger partial charge in [0.05, 0.1) is 11.9 Å². The van der Waals surface area contributed by atoms with Crippen LogP contribution in [-0.4, -0.2) is 18.2 Å². The van der Waals surface area contributed by atoms with Crippen molar-refractivity contribution in [2.24, 2.45) is 0 Å². The molecule has 15 heavy (non-hydrogen) atoms. The van der Waals surface area contributed by atoms with Crippen LogP contribution in [0.3, 0.4) is 0 Å². The van der Waals surface area contributed by atoms with Gasteiger partial charge in [0, 0.05) is 7.05 Å². The monoisotopic (exact) mass is 226 g/mol. The number of halogens is 5. The standard InChI is InChI=1S/C8H7F5N2/c1-14-5-2-3-6(15-4-5)7(9,10)8(11,12)13/h2-4,14H,1H3. The summed E-state index contributed by atoms with van der Waals surface area (Å²) < 4.78 is 61.1. The van der Waals surface area contributed by atoms with Crippen molar-refractivity contribution in [3.05, 3.63) is 24.0 Å². The third kappa shape index (κ3) is 2.16. The van der Waals surface area contributed by atoms with Crippen LogP contribution in [0.4, 0.5) is 27.6 Å². The van der Waals surface area contributed by atoms with E-state index < -0.39 is 17.8 Å². The second kappa shape index (κ2) is 3.63. The summed E-state index contributed by atoms with van der Waals surface area (Å²) >= 11 is 0. The molecule has 1 rings (SSSR count). The van der Waals surface area contributed by atoms with Crippen LogP contribution >= 0.6 is 0 Å². The summed E-state index contributed by atoms with van der Waals surface area (Å²) in [6.07, 6.45) is -4.71. The lowest BCUT2D eigenvalue weighted by molar-refractivity contribution is -0.290. The average molecular weight is 226 g/mol. The maximum absolute atomic E-state index is 12.7. The number of nitrogens with one attached hydrogen (secondary N) is 1. The van der Waals surface area contributed by atoms with Crippen LogP contribution in [0.25, 0.3) is 0 Å². The lowest BCUT2D eigenvalue weighted by Gasteiger charge is -2.18. The smallest absolute Gasteiger partial charge is 0.387 e. The number of aromatic nitrogens is 1. The van der Waals surface area contributed by atoms with Crippen molar-refractivity contribution in [1.82, 2.24) is 4.98 Å². The Balaban J connectivity index is 3.06. The van der Waals surface area contributed by atoms with Gasteiger partial charge in [-0.25, -0.2) is 0 Å². The van der Waals surface area contributed by atoms with Gasteiger partial charge in [0.15, 0.2) is 0 Å². The largest absolute Gasteiger partial charge is 0.459 e. The van der Waals surface area contributed by atoms with Gasteiger partial charge in [-0.15, -0.1) is 0 Å². The minimum atomic E-state index is -5.62. The van der Waals surface area contributed by atoms with E-state index in [0.29, 0.717) is 11.8 Å². The first kappa shape index (κ1) is 11.7. The van der Waals surface area contributed by atoms with Crippen LogP contribution in [0, 0.1) is 0 Å². The van der Waals surface area contributed by atoms with Crippen LogP contribution in [0.2, 0.25) is 0 Å². The lowest BCUT2D eigenvalue weighted by atomic mass is 10.2. The number of hydrogen-bond donors (Lipinski definition) is 1. The summed E-state index contributed by atoms with van der Waals surface area (Å²) in [6.45, 7) is 0. The Hall–Kier alpha value is -1.40. The van der Waals surface area contributed by atoms with Crippen LogP contribution in [0.15, 0.2) is 18.3 Å². The number of alkyl halides is 5. The van der Waals surface area contributed by atoms with Crippen LogP contribution in [0.5, 0.6) is 0 Å². The summed E-state index contributed by atoms with van der Waals surface area (Å²) in [5.41, 5.74) is -0.953. The SMILES string of the molecule is CNc1ccc(C(F)(F)C(F)(F)F)nc1. The third-order valence-electron chi connectivity index (χ3n) is 1.73. The Morgan fingerprint density at radius 1 is 1.13 bits per heavy atom. The van der Waals surface area contributed by atoms with Crippen molar-refractivity contribution in [1.29, 1.82) is 0 Å². The van der Waals surface area contributed by atoms with Gasteiger partial charge in [-0.3, -0.25) is 4.98 Å². The molecule has 0 amide bonds. The molecule has 0 spiro atoms. The van der Waals surface area contributed by atoms with Crippen LogP contribution in [-0.2, 0) is 5.92 Å². The fourth-order valence-corrected chi connectivity index (χ4v) is 0.873. The van der Waals surface area contributed by atoms with E-state index >= 15 is 0 Å². The molecule has 0 aliphatic carbocycles. The van der Waals surface area contributed by atoms with Gasteiger partial charge in [0.25, 0.3) is 0 Å². The topological polar surface area (TPSA) is 24.9 Å². The molecule has 1 N–H and O–H groups in total. The summed E-state index contributed by atoms with van der Waals surface area (Å²) in [7, 11) is 1.50. The normalized spacial score (nSPS) is 12.7. The highest BCUT2D eigenvalue weighted by Crippen LogP contribution is 2.42. The van der Waals surface area contributed by atoms with Crippen molar-refractivity contribution in [3.8, 4) is 0 Å². The van der Waals surface area contributed by atoms with Gasteiger partial charge in [0.1, 0.15) is 5.69 Å². The molecule has 0 saturated carbocycles. The molecular formula is C8H7F5N2. The number of pyridine rings is 1. The van der Waals surface area contributed by atoms with E-state index in [1.54, 1.807) is 0 Å². The second-order valence-electron chi connectivity index (χ2n) is 2.75. The molecule has 0 atom stereocenters. The molecule has 2 nitrogen and oxygen atoms in total. The van der Waals surface area contributed by atoms with Crippen molar-refractivity contribution in [2.75, 3.05) is 12.4 Å². The van der Waals surface area contributed by atoms with Gasteiger partial charge in [0.2, 0.25) is 0 Å². The van der Waals surface area contributed by atoms with E-state index in [-0.39, 0.29) is 0 Å². The maximum atomic E-state index is 12.7. The van der Waals surface area contributed by atoms with E-state index in [9.17, 15) is 22.0 Å². The van der Waals surface area contributed by atoms with E-state index in [1.165, 1.54) is 7.05 Å². The van der Waals surface area contributed by atoms with Gasteiger partial charge in [-0.1, -0.05) is 0 Å². The zero-order valence-corrected chi connectivity index (χ0v) is 7.57. The first-order chi connectivity index (χ1) is 6.79. The molecule has 0 fully saturated rings. The lowest BCUT2D eigenvalue weighted by Crippen LogP contribution is -2.34. The van der Waals surface area contributed by atoms with Crippen LogP contribution in [0.1, 0.15) is 5.69 Å². The van der Waals surface area contributed by atoms with Gasteiger partial charge in [-0.05, 0) is 12.1 Å². The predicted octanol–water partition coefficient (Wildman–Crippen LogP) is 2.78. The minimum Gasteiger partial charge on any atom is -0.387 e. The van der Waals surface area contributed by atoms with Gasteiger partial charge < -0.3 is 5.32 Å². The van der Waals surface area contributed by atoms with Crippen molar-refractivity contribution >= 4 is 5.69 Å². The molecule has 1 aromatic rings. The van der Waals surface area contributed by atoms with Crippen molar-refractivity contribution in [2.45, 2.75) is 12.1 Å². The Morgan fingerprint density at radius 3 is 2.07 bits per heavy atom. The third-order valence-corrected chi connectivity index (χ3v) is 1.73. The molecule has 1 heterocycles. The zero-order valence-electron chi connectivity index (χ0n) is 7.57. The molecule has 0 aliphatic heterocycles. The Bertz CT molecular complexity index is 330. The molecule has 0 radical (unpaired) electrons. The van der Waals surface area contributed by atoms with E-state index in [0.717, 1.165) is 12.3 Å². The average Bonchev–Trinajstić information content (AvgIpc) is 2.16. The molecule has 0 aromatic carbocycles. The maximum Gasteiger partial charge on any atom is 0.459 e. The van der Waals surface area contributed by atoms with Crippen molar-refractivity contribution in [3.63, 3.8) is 0 Å². The molecular weight excluding hydrogens is 219 g/mol. The summed E-state index contributed by atoms with van der Waals surface area (Å²) in [4.78, 5) is 3.06. The number of nitrogens with zero attached hydrogens (tertiary/aromatic N) is 1. The second-order valence-corrected chi connectivity index (χ2v) is 2.75. The summed E-state index contributed by atoms with van der Waals surface area (Å²) in [6, 6.07) is 1.74. The molecule has 0 unspecified atom stereocenters. The zero-order chi connectivity index (χ0) is 11.7. The molecule has 0 aliphatic rings. The first-order valence-electron chi connectivity index (χ1n) is 3.88. The van der Waals surface area contributed by atoms with Gasteiger partial charge >= 0.3 is 12.1 Å². The van der Waals surface area contributed by atoms with E-state index in [4.69, 9.17) is 0 Å². The number of rotatable bonds is 2. The molecule has 0 bridgehead atoms. The molecule has 84 valence electrons. The van der Waals surface area contributed by atoms with E-state index in [1.807, 2.05) is 0 Å². The molecule has 0 saturated heterocycles. The minimum absolute atomic E-state index is 0.358. The quantitative estimate of drug-likeness (QED) is 0.784. The van der Waals surface area contributed by atoms with Gasteiger partial charge in [-0.2, -0.15) is 22.0 Å². The summed E-state index contributed by atoms with van der Waals surface area (Å²) in [5.74, 6) is -4.92. The highest BCUT2D eigenvalue weighted by molar-refractivity contribution is 5.40. The summed E-state index contributed by atoms with van der Waals surface area (Å²) in [5, 5.41) is 2.56. The Labute approximate surface area is 82.1 Å². The Kier molecular flexibility index (Phi) is 2.83. The highest BCUT2D eigenvalue weighted by Gasteiger charge is 2.59. The molecule has 1 aromatic heterocycles. The van der Waals surface area contributed by atoms with E-state index in [2.05, 4.69) is 10.3 Å². The first-order valence-corrected chi connectivity index (χ1v) is 3.88. The number of anilines is 1. The highest BCUT2D eigenvalue weighted by atomic mass is 19.4. The van der Waals surface area contributed by atoms with Crippen LogP contribution < -0.4 is 5.32 Å². The number of hydrogen-bond acceptors (Lipinski definition) is 2. The fraction of sp³-hybridized carbons (Fsp3) is 0.375. The van der Waals surface area contributed by atoms with Crippen molar-refractivity contribution < 1.29 is 22.0 Å².